The van der Waals surface area contributed by atoms with Crippen LogP contribution in [0.2, 0.25) is 0 Å². The lowest BCUT2D eigenvalue weighted by Crippen LogP contribution is -2.56. The predicted molar refractivity (Wildman–Crippen MR) is 73.9 cm³/mol. The van der Waals surface area contributed by atoms with Crippen LogP contribution < -0.4 is 16.6 Å². The molecule has 0 spiro atoms. The normalized spacial score (nSPS) is 19.2. The van der Waals surface area contributed by atoms with Gasteiger partial charge >= 0.3 is 0 Å². The molecular formula is C12H15N5O4. The summed E-state index contributed by atoms with van der Waals surface area (Å²) in [5, 5.41) is 13.2. The molecule has 1 aromatic carbocycles. The average molecular weight is 293 g/mol. The van der Waals surface area contributed by atoms with Gasteiger partial charge < -0.3 is 5.43 Å². The molecular weight excluding hydrogens is 278 g/mol. The van der Waals surface area contributed by atoms with E-state index in [1.54, 1.807) is 17.9 Å². The van der Waals surface area contributed by atoms with Crippen molar-refractivity contribution >= 4 is 23.2 Å². The van der Waals surface area contributed by atoms with Gasteiger partial charge in [-0.1, -0.05) is 12.1 Å². The molecule has 1 unspecified atom stereocenters. The molecule has 2 amide bonds. The molecule has 0 saturated carbocycles. The van der Waals surface area contributed by atoms with Crippen LogP contribution in [0.3, 0.4) is 0 Å². The number of benzene rings is 1. The lowest BCUT2D eigenvalue weighted by molar-refractivity contribution is -0.384. The SMILES string of the molecule is CC1C(=O)NC(=O)CN1Cc1cccc([N+](=O)[O-])c1NN. The number of rotatable bonds is 4. The third-order valence-corrected chi connectivity index (χ3v) is 3.38. The highest BCUT2D eigenvalue weighted by Crippen LogP contribution is 2.28. The summed E-state index contributed by atoms with van der Waals surface area (Å²) in [6.07, 6.45) is 0. The maximum absolute atomic E-state index is 11.6. The summed E-state index contributed by atoms with van der Waals surface area (Å²) < 4.78 is 0. The fourth-order valence-electron chi connectivity index (χ4n) is 2.22. The summed E-state index contributed by atoms with van der Waals surface area (Å²) in [5.74, 6) is 4.58. The maximum atomic E-state index is 11.6. The topological polar surface area (TPSA) is 131 Å². The molecule has 4 N–H and O–H groups in total. The predicted octanol–water partition coefficient (Wildman–Crippen LogP) is -0.273. The van der Waals surface area contributed by atoms with Crippen molar-refractivity contribution in [2.75, 3.05) is 12.0 Å². The average Bonchev–Trinajstić information content (AvgIpc) is 2.43. The van der Waals surface area contributed by atoms with Crippen LogP contribution in [0.5, 0.6) is 0 Å². The van der Waals surface area contributed by atoms with Crippen LogP contribution in [0.4, 0.5) is 11.4 Å². The van der Waals surface area contributed by atoms with E-state index in [2.05, 4.69) is 10.7 Å². The Morgan fingerprint density at radius 1 is 1.52 bits per heavy atom. The molecule has 0 radical (unpaired) electrons. The molecule has 9 heteroatoms. The van der Waals surface area contributed by atoms with E-state index in [-0.39, 0.29) is 30.4 Å². The van der Waals surface area contributed by atoms with Gasteiger partial charge in [0.15, 0.2) is 0 Å². The van der Waals surface area contributed by atoms with Gasteiger partial charge in [-0.15, -0.1) is 0 Å². The molecule has 1 atom stereocenters. The van der Waals surface area contributed by atoms with E-state index in [4.69, 9.17) is 5.84 Å². The molecule has 1 aliphatic rings. The van der Waals surface area contributed by atoms with Crippen LogP contribution in [0.25, 0.3) is 0 Å². The van der Waals surface area contributed by atoms with Crippen molar-refractivity contribution in [1.29, 1.82) is 0 Å². The van der Waals surface area contributed by atoms with Crippen molar-refractivity contribution in [1.82, 2.24) is 10.2 Å². The maximum Gasteiger partial charge on any atom is 0.293 e. The zero-order valence-electron chi connectivity index (χ0n) is 11.3. The van der Waals surface area contributed by atoms with Crippen molar-refractivity contribution in [2.24, 2.45) is 5.84 Å². The van der Waals surface area contributed by atoms with E-state index in [0.717, 1.165) is 0 Å². The highest BCUT2D eigenvalue weighted by Gasteiger charge is 2.31. The first-order valence-electron chi connectivity index (χ1n) is 6.24. The number of hydrogen-bond acceptors (Lipinski definition) is 7. The number of amides is 2. The van der Waals surface area contributed by atoms with E-state index in [0.29, 0.717) is 5.56 Å². The van der Waals surface area contributed by atoms with E-state index in [1.807, 2.05) is 0 Å². The Morgan fingerprint density at radius 2 is 2.24 bits per heavy atom. The van der Waals surface area contributed by atoms with Crippen LogP contribution in [0.1, 0.15) is 12.5 Å². The smallest absolute Gasteiger partial charge is 0.293 e. The number of anilines is 1. The standard InChI is InChI=1S/C12H15N5O4/c1-7-12(19)14-10(18)6-16(7)5-8-3-2-4-9(17(20)21)11(8)15-13/h2-4,7,15H,5-6,13H2,1H3,(H,14,18,19). The molecule has 9 nitrogen and oxygen atoms in total. The van der Waals surface area contributed by atoms with Gasteiger partial charge in [-0.2, -0.15) is 0 Å². The van der Waals surface area contributed by atoms with E-state index < -0.39 is 16.9 Å². The molecule has 0 aliphatic carbocycles. The van der Waals surface area contributed by atoms with Crippen molar-refractivity contribution in [3.63, 3.8) is 0 Å². The highest BCUT2D eigenvalue weighted by molar-refractivity contribution is 6.00. The summed E-state index contributed by atoms with van der Waals surface area (Å²) in [4.78, 5) is 35.1. The fourth-order valence-corrected chi connectivity index (χ4v) is 2.22. The van der Waals surface area contributed by atoms with Crippen molar-refractivity contribution in [2.45, 2.75) is 19.5 Å². The number of nitro benzene ring substituents is 1. The Labute approximate surface area is 120 Å². The van der Waals surface area contributed by atoms with Crippen LogP contribution in [-0.4, -0.2) is 34.2 Å². The van der Waals surface area contributed by atoms with Crippen LogP contribution in [-0.2, 0) is 16.1 Å². The van der Waals surface area contributed by atoms with Crippen LogP contribution in [0.15, 0.2) is 18.2 Å². The number of nitrogen functional groups attached to an aromatic ring is 1. The van der Waals surface area contributed by atoms with Crippen LogP contribution >= 0.6 is 0 Å². The first-order chi connectivity index (χ1) is 9.93. The first kappa shape index (κ1) is 14.9. The Hall–Kier alpha value is -2.52. The number of nitrogens with one attached hydrogen (secondary N) is 2. The second-order valence-electron chi connectivity index (χ2n) is 4.71. The second-order valence-corrected chi connectivity index (χ2v) is 4.71. The number of imide groups is 1. The van der Waals surface area contributed by atoms with E-state index >= 15 is 0 Å². The quantitative estimate of drug-likeness (QED) is 0.301. The molecule has 1 aromatic rings. The lowest BCUT2D eigenvalue weighted by Gasteiger charge is -2.31. The zero-order valence-corrected chi connectivity index (χ0v) is 11.3. The van der Waals surface area contributed by atoms with Gasteiger partial charge in [0.05, 0.1) is 17.5 Å². The number of carbonyl (C=O) groups is 2. The first-order valence-corrected chi connectivity index (χ1v) is 6.24. The summed E-state index contributed by atoms with van der Waals surface area (Å²) in [5.41, 5.74) is 2.88. The Bertz CT molecular complexity index is 603. The highest BCUT2D eigenvalue weighted by atomic mass is 16.6. The van der Waals surface area contributed by atoms with Gasteiger partial charge in [-0.05, 0) is 12.5 Å². The summed E-state index contributed by atoms with van der Waals surface area (Å²) in [6, 6.07) is 4.01. The third kappa shape index (κ3) is 2.98. The zero-order chi connectivity index (χ0) is 15.6. The van der Waals surface area contributed by atoms with E-state index in [1.165, 1.54) is 12.1 Å². The molecule has 1 fully saturated rings. The molecule has 2 rings (SSSR count). The van der Waals surface area contributed by atoms with Crippen LogP contribution in [0, 0.1) is 10.1 Å². The summed E-state index contributed by atoms with van der Waals surface area (Å²) >= 11 is 0. The molecule has 1 saturated heterocycles. The second kappa shape index (κ2) is 5.85. The summed E-state index contributed by atoms with van der Waals surface area (Å²) in [7, 11) is 0. The van der Waals surface area contributed by atoms with Crippen molar-refractivity contribution in [3.05, 3.63) is 33.9 Å². The molecule has 0 aromatic heterocycles. The number of nitro groups is 1. The monoisotopic (exact) mass is 293 g/mol. The minimum absolute atomic E-state index is 0.0413. The number of para-hydroxylation sites is 1. The fraction of sp³-hybridized carbons (Fsp3) is 0.333. The Kier molecular flexibility index (Phi) is 4.15. The minimum atomic E-state index is -0.545. The molecule has 112 valence electrons. The van der Waals surface area contributed by atoms with Gasteiger partial charge in [0.1, 0.15) is 5.69 Å². The number of nitrogens with two attached hydrogens (primary N) is 1. The number of hydrazine groups is 1. The molecule has 21 heavy (non-hydrogen) atoms. The van der Waals surface area contributed by atoms with Gasteiger partial charge in [0, 0.05) is 12.6 Å². The number of piperazine rings is 1. The van der Waals surface area contributed by atoms with Crippen molar-refractivity contribution in [3.8, 4) is 0 Å². The van der Waals surface area contributed by atoms with Gasteiger partial charge in [0.25, 0.3) is 5.69 Å². The Morgan fingerprint density at radius 3 is 2.86 bits per heavy atom. The minimum Gasteiger partial charge on any atom is -0.318 e. The van der Waals surface area contributed by atoms with E-state index in [9.17, 15) is 19.7 Å². The van der Waals surface area contributed by atoms with Gasteiger partial charge in [-0.25, -0.2) is 0 Å². The summed E-state index contributed by atoms with van der Waals surface area (Å²) in [6.45, 7) is 1.90. The largest absolute Gasteiger partial charge is 0.318 e. The molecule has 1 aliphatic heterocycles. The number of hydrogen-bond donors (Lipinski definition) is 3. The van der Waals surface area contributed by atoms with Gasteiger partial charge in [0.2, 0.25) is 11.8 Å². The number of nitrogens with zero attached hydrogens (tertiary/aromatic N) is 2. The Balaban J connectivity index is 2.30. The van der Waals surface area contributed by atoms with Crippen molar-refractivity contribution < 1.29 is 14.5 Å². The number of carbonyl (C=O) groups excluding carboxylic acids is 2. The van der Waals surface area contributed by atoms with Gasteiger partial charge in [-0.3, -0.25) is 35.8 Å². The third-order valence-electron chi connectivity index (χ3n) is 3.38. The lowest BCUT2D eigenvalue weighted by atomic mass is 10.1. The molecule has 0 bridgehead atoms. The molecule has 1 heterocycles.